The third-order valence-corrected chi connectivity index (χ3v) is 2.82. The highest BCUT2D eigenvalue weighted by molar-refractivity contribution is 6.29. The zero-order chi connectivity index (χ0) is 13.8. The highest BCUT2D eigenvalue weighted by Crippen LogP contribution is 2.13. The Balaban J connectivity index is 2.22. The van der Waals surface area contributed by atoms with Crippen LogP contribution in [0.3, 0.4) is 0 Å². The van der Waals surface area contributed by atoms with Crippen molar-refractivity contribution < 1.29 is 4.79 Å². The summed E-state index contributed by atoms with van der Waals surface area (Å²) in [6.07, 6.45) is 2.38. The van der Waals surface area contributed by atoms with Gasteiger partial charge in [0.1, 0.15) is 11.0 Å². The molecule has 19 heavy (non-hydrogen) atoms. The number of hydrogen-bond donors (Lipinski definition) is 1. The smallest absolute Gasteiger partial charge is 0.256 e. The molecule has 0 unspecified atom stereocenters. The number of nitrogens with zero attached hydrogens (tertiary/aromatic N) is 2. The predicted octanol–water partition coefficient (Wildman–Crippen LogP) is 3.25. The van der Waals surface area contributed by atoms with Gasteiger partial charge in [0.2, 0.25) is 0 Å². The molecule has 0 radical (unpaired) electrons. The first-order chi connectivity index (χ1) is 9.08. The molecule has 0 atom stereocenters. The Bertz CT molecular complexity index is 613. The fraction of sp³-hybridized carbons (Fsp3) is 0.214. The standard InChI is InChI=1S/C14H14ClN3O/c1-3-11-7-10(8-12(15)17-11)14(19)18-13-6-9(2)4-5-16-13/h4-8H,3H2,1-2H3,(H,16,18,19). The zero-order valence-electron chi connectivity index (χ0n) is 10.8. The van der Waals surface area contributed by atoms with E-state index in [1.54, 1.807) is 24.4 Å². The van der Waals surface area contributed by atoms with Gasteiger partial charge >= 0.3 is 0 Å². The third-order valence-electron chi connectivity index (χ3n) is 2.63. The van der Waals surface area contributed by atoms with E-state index in [-0.39, 0.29) is 5.91 Å². The first-order valence-corrected chi connectivity index (χ1v) is 6.36. The van der Waals surface area contributed by atoms with Gasteiger partial charge in [-0.3, -0.25) is 4.79 Å². The Kier molecular flexibility index (Phi) is 4.12. The number of aromatic nitrogens is 2. The maximum atomic E-state index is 12.1. The van der Waals surface area contributed by atoms with Crippen molar-refractivity contribution in [3.63, 3.8) is 0 Å². The second kappa shape index (κ2) is 5.80. The molecule has 0 saturated heterocycles. The second-order valence-corrected chi connectivity index (χ2v) is 4.58. The molecule has 4 nitrogen and oxygen atoms in total. The third kappa shape index (κ3) is 3.51. The van der Waals surface area contributed by atoms with Crippen LogP contribution in [0.25, 0.3) is 0 Å². The first-order valence-electron chi connectivity index (χ1n) is 5.99. The molecule has 2 aromatic heterocycles. The van der Waals surface area contributed by atoms with E-state index >= 15 is 0 Å². The molecule has 0 aliphatic heterocycles. The Hall–Kier alpha value is -1.94. The minimum atomic E-state index is -0.239. The average Bonchev–Trinajstić information content (AvgIpc) is 2.38. The lowest BCUT2D eigenvalue weighted by Crippen LogP contribution is -2.13. The van der Waals surface area contributed by atoms with Gasteiger partial charge in [-0.15, -0.1) is 0 Å². The van der Waals surface area contributed by atoms with Crippen molar-refractivity contribution in [3.8, 4) is 0 Å². The average molecular weight is 276 g/mol. The molecule has 0 fully saturated rings. The van der Waals surface area contributed by atoms with Gasteiger partial charge < -0.3 is 5.32 Å². The number of carbonyl (C=O) groups is 1. The van der Waals surface area contributed by atoms with Crippen LogP contribution >= 0.6 is 11.6 Å². The summed E-state index contributed by atoms with van der Waals surface area (Å²) >= 11 is 5.89. The molecule has 0 spiro atoms. The monoisotopic (exact) mass is 275 g/mol. The lowest BCUT2D eigenvalue weighted by molar-refractivity contribution is 0.102. The summed E-state index contributed by atoms with van der Waals surface area (Å²) in [5.74, 6) is 0.285. The highest BCUT2D eigenvalue weighted by Gasteiger charge is 2.09. The van der Waals surface area contributed by atoms with Crippen molar-refractivity contribution in [2.45, 2.75) is 20.3 Å². The largest absolute Gasteiger partial charge is 0.307 e. The van der Waals surface area contributed by atoms with Crippen LogP contribution in [0.2, 0.25) is 5.15 Å². The van der Waals surface area contributed by atoms with Gasteiger partial charge in [-0.1, -0.05) is 18.5 Å². The number of pyridine rings is 2. The number of amides is 1. The van der Waals surface area contributed by atoms with E-state index in [1.165, 1.54) is 0 Å². The van der Waals surface area contributed by atoms with E-state index in [0.29, 0.717) is 16.5 Å². The molecule has 0 aliphatic carbocycles. The number of hydrogen-bond acceptors (Lipinski definition) is 3. The summed E-state index contributed by atoms with van der Waals surface area (Å²) in [5, 5.41) is 3.06. The molecule has 98 valence electrons. The molecule has 2 aromatic rings. The fourth-order valence-electron chi connectivity index (χ4n) is 1.66. The van der Waals surface area contributed by atoms with Crippen LogP contribution in [-0.2, 0) is 6.42 Å². The van der Waals surface area contributed by atoms with Crippen LogP contribution in [0.1, 0.15) is 28.5 Å². The maximum Gasteiger partial charge on any atom is 0.256 e. The van der Waals surface area contributed by atoms with E-state index in [4.69, 9.17) is 11.6 Å². The predicted molar refractivity (Wildman–Crippen MR) is 75.6 cm³/mol. The number of halogens is 1. The van der Waals surface area contributed by atoms with Gasteiger partial charge in [0.15, 0.2) is 0 Å². The minimum absolute atomic E-state index is 0.239. The van der Waals surface area contributed by atoms with Crippen LogP contribution in [0.5, 0.6) is 0 Å². The number of carbonyl (C=O) groups excluding carboxylic acids is 1. The van der Waals surface area contributed by atoms with Crippen molar-refractivity contribution >= 4 is 23.3 Å². The molecular weight excluding hydrogens is 262 g/mol. The number of nitrogens with one attached hydrogen (secondary N) is 1. The molecule has 2 rings (SSSR count). The number of anilines is 1. The summed E-state index contributed by atoms with van der Waals surface area (Å²) < 4.78 is 0. The van der Waals surface area contributed by atoms with Crippen LogP contribution in [-0.4, -0.2) is 15.9 Å². The fourth-order valence-corrected chi connectivity index (χ4v) is 1.88. The van der Waals surface area contributed by atoms with Crippen LogP contribution in [0.4, 0.5) is 5.82 Å². The van der Waals surface area contributed by atoms with Crippen molar-refractivity contribution in [3.05, 3.63) is 52.4 Å². The summed E-state index contributed by atoms with van der Waals surface area (Å²) in [5.41, 5.74) is 2.31. The van der Waals surface area contributed by atoms with E-state index in [9.17, 15) is 4.79 Å². The van der Waals surface area contributed by atoms with Gasteiger partial charge in [-0.25, -0.2) is 9.97 Å². The maximum absolute atomic E-state index is 12.1. The normalized spacial score (nSPS) is 10.3. The lowest BCUT2D eigenvalue weighted by atomic mass is 10.2. The Labute approximate surface area is 116 Å². The van der Waals surface area contributed by atoms with E-state index in [0.717, 1.165) is 17.7 Å². The molecule has 2 heterocycles. The van der Waals surface area contributed by atoms with Crippen LogP contribution in [0, 0.1) is 6.92 Å². The van der Waals surface area contributed by atoms with Crippen molar-refractivity contribution in [2.24, 2.45) is 0 Å². The first kappa shape index (κ1) is 13.5. The summed E-state index contributed by atoms with van der Waals surface area (Å²) in [6.45, 7) is 3.90. The summed E-state index contributed by atoms with van der Waals surface area (Å²) in [4.78, 5) is 20.3. The molecular formula is C14H14ClN3O. The molecule has 0 saturated carbocycles. The highest BCUT2D eigenvalue weighted by atomic mass is 35.5. The molecule has 0 aliphatic rings. The molecule has 0 bridgehead atoms. The number of rotatable bonds is 3. The summed E-state index contributed by atoms with van der Waals surface area (Å²) in [7, 11) is 0. The Morgan fingerprint density at radius 2 is 2.16 bits per heavy atom. The van der Waals surface area contributed by atoms with Crippen molar-refractivity contribution in [2.75, 3.05) is 5.32 Å². The Morgan fingerprint density at radius 3 is 2.84 bits per heavy atom. The Morgan fingerprint density at radius 1 is 1.37 bits per heavy atom. The second-order valence-electron chi connectivity index (χ2n) is 4.20. The SMILES string of the molecule is CCc1cc(C(=O)Nc2cc(C)ccn2)cc(Cl)n1. The van der Waals surface area contributed by atoms with Gasteiger partial charge in [0, 0.05) is 17.5 Å². The molecule has 0 aromatic carbocycles. The van der Waals surface area contributed by atoms with E-state index in [2.05, 4.69) is 15.3 Å². The lowest BCUT2D eigenvalue weighted by Gasteiger charge is -2.06. The van der Waals surface area contributed by atoms with Gasteiger partial charge in [0.25, 0.3) is 5.91 Å². The van der Waals surface area contributed by atoms with Gasteiger partial charge in [-0.05, 0) is 43.2 Å². The van der Waals surface area contributed by atoms with Crippen molar-refractivity contribution in [1.82, 2.24) is 9.97 Å². The van der Waals surface area contributed by atoms with E-state index in [1.807, 2.05) is 19.9 Å². The van der Waals surface area contributed by atoms with Gasteiger partial charge in [-0.2, -0.15) is 0 Å². The van der Waals surface area contributed by atoms with Crippen LogP contribution < -0.4 is 5.32 Å². The van der Waals surface area contributed by atoms with Crippen LogP contribution in [0.15, 0.2) is 30.5 Å². The quantitative estimate of drug-likeness (QED) is 0.875. The molecule has 1 amide bonds. The summed E-state index contributed by atoms with van der Waals surface area (Å²) in [6, 6.07) is 6.96. The molecule has 5 heteroatoms. The molecule has 1 N–H and O–H groups in total. The van der Waals surface area contributed by atoms with Gasteiger partial charge in [0.05, 0.1) is 0 Å². The number of aryl methyl sites for hydroxylation is 2. The van der Waals surface area contributed by atoms with E-state index < -0.39 is 0 Å². The minimum Gasteiger partial charge on any atom is -0.307 e. The van der Waals surface area contributed by atoms with Crippen molar-refractivity contribution in [1.29, 1.82) is 0 Å². The zero-order valence-corrected chi connectivity index (χ0v) is 11.5. The topological polar surface area (TPSA) is 54.9 Å².